The second-order valence-corrected chi connectivity index (χ2v) is 6.24. The zero-order chi connectivity index (χ0) is 18.5. The monoisotopic (exact) mass is 353 g/mol. The minimum atomic E-state index is -0.677. The number of aryl methyl sites for hydroxylation is 1. The number of benzene rings is 2. The molecular weight excluding hydrogens is 334 g/mol. The van der Waals surface area contributed by atoms with Gasteiger partial charge in [-0.2, -0.15) is 5.10 Å². The molecule has 0 spiro atoms. The average Bonchev–Trinajstić information content (AvgIpc) is 2.63. The first-order valence-electron chi connectivity index (χ1n) is 8.43. The maximum atomic E-state index is 12.1. The summed E-state index contributed by atoms with van der Waals surface area (Å²) in [5.41, 5.74) is 6.07. The van der Waals surface area contributed by atoms with Crippen molar-refractivity contribution >= 4 is 17.8 Å². The van der Waals surface area contributed by atoms with Crippen LogP contribution < -0.4 is 5.43 Å². The molecule has 26 heavy (non-hydrogen) atoms. The molecule has 0 aromatic heterocycles. The Balaban J connectivity index is 1.64. The van der Waals surface area contributed by atoms with Crippen molar-refractivity contribution in [2.75, 3.05) is 0 Å². The molecule has 7 heteroatoms. The number of nitrogens with zero attached hydrogens (tertiary/aromatic N) is 2. The van der Waals surface area contributed by atoms with Crippen LogP contribution in [0.1, 0.15) is 35.1 Å². The Kier molecular flexibility index (Phi) is 5.26. The summed E-state index contributed by atoms with van der Waals surface area (Å²) in [7, 11) is 0. The summed E-state index contributed by atoms with van der Waals surface area (Å²) >= 11 is 0. The normalized spacial score (nSPS) is 13.4. The average molecular weight is 353 g/mol. The van der Waals surface area contributed by atoms with Crippen molar-refractivity contribution in [1.29, 1.82) is 0 Å². The van der Waals surface area contributed by atoms with Gasteiger partial charge in [-0.1, -0.05) is 18.2 Å². The Morgan fingerprint density at radius 3 is 2.88 bits per heavy atom. The van der Waals surface area contributed by atoms with Gasteiger partial charge in [0.15, 0.2) is 5.75 Å². The molecule has 2 aromatic rings. The number of hydrazone groups is 1. The van der Waals surface area contributed by atoms with Gasteiger partial charge in [0.2, 0.25) is 5.91 Å². The minimum absolute atomic E-state index is 0.242. The van der Waals surface area contributed by atoms with E-state index in [4.69, 9.17) is 0 Å². The fourth-order valence-corrected chi connectivity index (χ4v) is 3.18. The Hall–Kier alpha value is -3.22. The van der Waals surface area contributed by atoms with Crippen LogP contribution in [0.4, 0.5) is 5.69 Å². The summed E-state index contributed by atoms with van der Waals surface area (Å²) in [5, 5.41) is 24.1. The molecule has 0 heterocycles. The molecule has 2 N–H and O–H groups in total. The van der Waals surface area contributed by atoms with Crippen LogP contribution in [0.2, 0.25) is 0 Å². The third kappa shape index (κ3) is 4.05. The number of carbonyl (C=O) groups excluding carboxylic acids is 1. The van der Waals surface area contributed by atoms with Crippen LogP contribution in [0.15, 0.2) is 41.5 Å². The Bertz CT molecular complexity index is 877. The van der Waals surface area contributed by atoms with Gasteiger partial charge in [-0.05, 0) is 54.5 Å². The zero-order valence-corrected chi connectivity index (χ0v) is 14.1. The highest BCUT2D eigenvalue weighted by atomic mass is 16.6. The maximum Gasteiger partial charge on any atom is 0.311 e. The van der Waals surface area contributed by atoms with Crippen LogP contribution in [0.5, 0.6) is 5.75 Å². The lowest BCUT2D eigenvalue weighted by atomic mass is 9.87. The molecular formula is C19H19N3O4. The van der Waals surface area contributed by atoms with Crippen LogP contribution in [0, 0.1) is 10.1 Å². The number of rotatable bonds is 5. The molecule has 3 rings (SSSR count). The van der Waals surface area contributed by atoms with E-state index < -0.39 is 16.4 Å². The highest BCUT2D eigenvalue weighted by Crippen LogP contribution is 2.26. The summed E-state index contributed by atoms with van der Waals surface area (Å²) in [6.45, 7) is 0. The number of fused-ring (bicyclic) bond motifs is 1. The van der Waals surface area contributed by atoms with Crippen molar-refractivity contribution in [3.63, 3.8) is 0 Å². The lowest BCUT2D eigenvalue weighted by Gasteiger charge is -2.18. The van der Waals surface area contributed by atoms with E-state index in [0.29, 0.717) is 5.56 Å². The highest BCUT2D eigenvalue weighted by Gasteiger charge is 2.15. The number of hydrogen-bond acceptors (Lipinski definition) is 5. The third-order valence-electron chi connectivity index (χ3n) is 4.44. The van der Waals surface area contributed by atoms with Crippen molar-refractivity contribution < 1.29 is 14.8 Å². The topological polar surface area (TPSA) is 105 Å². The third-order valence-corrected chi connectivity index (χ3v) is 4.44. The van der Waals surface area contributed by atoms with E-state index in [1.807, 2.05) is 12.1 Å². The fraction of sp³-hybridized carbons (Fsp3) is 0.263. The summed E-state index contributed by atoms with van der Waals surface area (Å²) in [6, 6.07) is 9.95. The molecule has 0 fully saturated rings. The second kappa shape index (κ2) is 7.77. The Morgan fingerprint density at radius 1 is 1.27 bits per heavy atom. The van der Waals surface area contributed by atoms with Crippen LogP contribution in [-0.4, -0.2) is 22.2 Å². The number of phenols is 1. The SMILES string of the molecule is O=C(Cc1cccc2c1CCCC2)N/N=C\c1ccc(O)c([N+](=O)[O-])c1. The fourth-order valence-electron chi connectivity index (χ4n) is 3.18. The van der Waals surface area contributed by atoms with Crippen molar-refractivity contribution in [3.05, 3.63) is 68.8 Å². The number of phenolic OH excluding ortho intramolecular Hbond substituents is 1. The number of hydrogen-bond donors (Lipinski definition) is 2. The molecule has 1 aliphatic rings. The molecule has 0 saturated carbocycles. The van der Waals surface area contributed by atoms with Crippen LogP contribution in [-0.2, 0) is 24.1 Å². The van der Waals surface area contributed by atoms with Crippen LogP contribution in [0.3, 0.4) is 0 Å². The second-order valence-electron chi connectivity index (χ2n) is 6.24. The molecule has 0 saturated heterocycles. The summed E-state index contributed by atoms with van der Waals surface area (Å²) in [4.78, 5) is 22.3. The van der Waals surface area contributed by atoms with Gasteiger partial charge in [0.1, 0.15) is 0 Å². The van der Waals surface area contributed by atoms with E-state index >= 15 is 0 Å². The maximum absolute atomic E-state index is 12.1. The van der Waals surface area contributed by atoms with Gasteiger partial charge in [0.25, 0.3) is 0 Å². The number of carbonyl (C=O) groups is 1. The lowest BCUT2D eigenvalue weighted by Crippen LogP contribution is -2.21. The molecule has 7 nitrogen and oxygen atoms in total. The number of nitro benzene ring substituents is 1. The number of nitrogens with one attached hydrogen (secondary N) is 1. The van der Waals surface area contributed by atoms with Gasteiger partial charge in [0, 0.05) is 11.6 Å². The van der Waals surface area contributed by atoms with E-state index in [0.717, 1.165) is 24.8 Å². The van der Waals surface area contributed by atoms with Crippen molar-refractivity contribution in [1.82, 2.24) is 5.43 Å². The molecule has 0 atom stereocenters. The first-order chi connectivity index (χ1) is 12.5. The first-order valence-corrected chi connectivity index (χ1v) is 8.43. The van der Waals surface area contributed by atoms with Gasteiger partial charge in [-0.3, -0.25) is 14.9 Å². The Morgan fingerprint density at radius 2 is 2.08 bits per heavy atom. The van der Waals surface area contributed by atoms with Crippen molar-refractivity contribution in [3.8, 4) is 5.75 Å². The smallest absolute Gasteiger partial charge is 0.311 e. The van der Waals surface area contributed by atoms with Crippen LogP contribution >= 0.6 is 0 Å². The summed E-state index contributed by atoms with van der Waals surface area (Å²) in [5.74, 6) is -0.654. The van der Waals surface area contributed by atoms with E-state index in [2.05, 4.69) is 16.6 Å². The number of amides is 1. The highest BCUT2D eigenvalue weighted by molar-refractivity contribution is 5.84. The molecule has 134 valence electrons. The van der Waals surface area contributed by atoms with Gasteiger partial charge in [-0.15, -0.1) is 0 Å². The molecule has 0 unspecified atom stereocenters. The molecule has 0 radical (unpaired) electrons. The predicted octanol–water partition coefficient (Wildman–Crippen LogP) is 2.87. The van der Waals surface area contributed by atoms with Crippen LogP contribution in [0.25, 0.3) is 0 Å². The first kappa shape index (κ1) is 17.6. The van der Waals surface area contributed by atoms with Crippen molar-refractivity contribution in [2.24, 2.45) is 5.10 Å². The molecule has 0 bridgehead atoms. The van der Waals surface area contributed by atoms with Gasteiger partial charge in [0.05, 0.1) is 17.6 Å². The largest absolute Gasteiger partial charge is 0.502 e. The van der Waals surface area contributed by atoms with E-state index in [1.54, 1.807) is 0 Å². The molecule has 1 aliphatic carbocycles. The van der Waals surface area contributed by atoms with Gasteiger partial charge in [-0.25, -0.2) is 5.43 Å². The standard InChI is InChI=1S/C19H19N3O4/c23-18-9-8-13(10-17(18)22(25)26)12-20-21-19(24)11-15-6-3-5-14-4-1-2-7-16(14)15/h3,5-6,8-10,12,23H,1-2,4,7,11H2,(H,21,24)/b20-12-. The zero-order valence-electron chi connectivity index (χ0n) is 14.1. The molecule has 1 amide bonds. The minimum Gasteiger partial charge on any atom is -0.502 e. The number of nitro groups is 1. The summed E-state index contributed by atoms with van der Waals surface area (Å²) < 4.78 is 0. The van der Waals surface area contributed by atoms with E-state index in [9.17, 15) is 20.0 Å². The predicted molar refractivity (Wildman–Crippen MR) is 97.3 cm³/mol. The summed E-state index contributed by atoms with van der Waals surface area (Å²) in [6.07, 6.45) is 5.94. The van der Waals surface area contributed by atoms with E-state index in [1.165, 1.54) is 42.0 Å². The van der Waals surface area contributed by atoms with Crippen molar-refractivity contribution in [2.45, 2.75) is 32.1 Å². The van der Waals surface area contributed by atoms with Gasteiger partial charge >= 0.3 is 5.69 Å². The molecule has 0 aliphatic heterocycles. The van der Waals surface area contributed by atoms with Gasteiger partial charge < -0.3 is 5.11 Å². The molecule has 2 aromatic carbocycles. The quantitative estimate of drug-likeness (QED) is 0.490. The Labute approximate surface area is 150 Å². The van der Waals surface area contributed by atoms with E-state index in [-0.39, 0.29) is 12.3 Å². The number of aromatic hydroxyl groups is 1. The lowest BCUT2D eigenvalue weighted by molar-refractivity contribution is -0.385.